The number of hydrogen-bond acceptors (Lipinski definition) is 12. The SMILES string of the molecule is C.COC(=O)C1=C(C)[C@@]2(O)c3c(C)cc(C)cc3O[C@@]2(c2ccc(OC)cc2)[C@@H]1c1ccccc1.COC(=O)[C@H]1C(=O)[C@@]2(O)c3c(C)cc(C)cc3O[C@@]2(c2ccc(OC)cc2)[C@@H]1c1ccccc1.C[O-].[Na+]. The molecule has 2 aliphatic carbocycles. The molecule has 10 rings (SSSR count). The van der Waals surface area contributed by atoms with E-state index in [9.17, 15) is 24.6 Å². The maximum absolute atomic E-state index is 14.1. The number of aryl methyl sites for hydroxylation is 4. The molecule has 13 heteroatoms. The minimum Gasteiger partial charge on any atom is -0.857 e. The van der Waals surface area contributed by atoms with Crippen LogP contribution in [-0.2, 0) is 46.3 Å². The van der Waals surface area contributed by atoms with Gasteiger partial charge in [0.25, 0.3) is 0 Å². The number of hydrogen-bond donors (Lipinski definition) is 2. The summed E-state index contributed by atoms with van der Waals surface area (Å²) in [6.07, 6.45) is 0. The van der Waals surface area contributed by atoms with E-state index < -0.39 is 57.9 Å². The number of methoxy groups -OCH3 is 4. The molecular formula is C59H61NaO12. The number of benzene rings is 6. The quantitative estimate of drug-likeness (QED) is 0.110. The molecule has 370 valence electrons. The Hall–Kier alpha value is -6.25. The molecule has 7 atom stereocenters. The van der Waals surface area contributed by atoms with Crippen LogP contribution in [0.3, 0.4) is 0 Å². The summed E-state index contributed by atoms with van der Waals surface area (Å²) in [5.41, 5.74) is 1.92. The summed E-state index contributed by atoms with van der Waals surface area (Å²) in [6.45, 7) is 9.56. The predicted molar refractivity (Wildman–Crippen MR) is 266 cm³/mol. The molecule has 0 spiro atoms. The van der Waals surface area contributed by atoms with Crippen LogP contribution < -0.4 is 53.6 Å². The molecular weight excluding hydrogens is 924 g/mol. The fourth-order valence-corrected chi connectivity index (χ4v) is 11.8. The van der Waals surface area contributed by atoms with Crippen molar-refractivity contribution in [2.45, 2.75) is 76.3 Å². The summed E-state index contributed by atoms with van der Waals surface area (Å²) >= 11 is 0. The number of carbonyl (C=O) groups is 3. The number of aliphatic hydroxyl groups is 2. The Morgan fingerprint density at radius 2 is 1.01 bits per heavy atom. The number of fused-ring (bicyclic) bond motifs is 6. The van der Waals surface area contributed by atoms with Crippen LogP contribution in [0.1, 0.15) is 81.8 Å². The van der Waals surface area contributed by atoms with Gasteiger partial charge in [-0.15, -0.1) is 0 Å². The molecule has 1 saturated carbocycles. The fourth-order valence-electron chi connectivity index (χ4n) is 11.8. The number of carbonyl (C=O) groups excluding carboxylic acids is 3. The minimum absolute atomic E-state index is 0. The van der Waals surface area contributed by atoms with Gasteiger partial charge in [0.1, 0.15) is 28.9 Å². The molecule has 0 aromatic heterocycles. The van der Waals surface area contributed by atoms with Crippen molar-refractivity contribution < 1.29 is 87.7 Å². The van der Waals surface area contributed by atoms with Gasteiger partial charge in [-0.05, 0) is 110 Å². The molecule has 2 aliphatic heterocycles. The molecule has 2 N–H and O–H groups in total. The van der Waals surface area contributed by atoms with Crippen molar-refractivity contribution in [1.82, 2.24) is 0 Å². The normalized spacial score (nSPS) is 24.6. The number of ketones is 1. The zero-order valence-electron chi connectivity index (χ0n) is 41.9. The molecule has 72 heavy (non-hydrogen) atoms. The number of Topliss-reactive ketones (excluding diaryl/α,β-unsaturated/α-hetero) is 1. The Kier molecular flexibility index (Phi) is 16.1. The van der Waals surface area contributed by atoms with E-state index in [1.54, 1.807) is 38.5 Å². The van der Waals surface area contributed by atoms with E-state index in [0.717, 1.165) is 40.5 Å². The average Bonchev–Trinajstić information content (AvgIpc) is 3.95. The van der Waals surface area contributed by atoms with Crippen molar-refractivity contribution in [3.8, 4) is 23.0 Å². The van der Waals surface area contributed by atoms with Crippen LogP contribution in [0.15, 0.2) is 145 Å². The fraction of sp³-hybridized carbons (Fsp3) is 0.305. The van der Waals surface area contributed by atoms with Gasteiger partial charge in [0.15, 0.2) is 28.2 Å². The standard InChI is InChI=1S/C29H28O5.C28H26O6.CH3O.CH4.Na/c1-17-15-18(2)25-23(16-17)34-29(21-11-13-22(32-4)14-12-21)26(20-9-7-6-8-10-20)24(27(30)33-5)19(3)28(25,29)31;1-16-14-17(2)23-21(15-16)34-28(19-10-12-20(32-3)13-11-19)24(18-8-6-5-7-9-18)22(26(30)33-4)25(29)27(23,28)31;1-2;;/h6-16,26,31H,1-5H3;5-15,22,24,31H,1-4H3;1H3;1H4;/q;;-1;;+1/t26-,28-,29+;22-,24-,27+,28+;;;/m11.../s1. The van der Waals surface area contributed by atoms with E-state index in [1.807, 2.05) is 144 Å². The average molecular weight is 985 g/mol. The Balaban J connectivity index is 0.000000222. The minimum atomic E-state index is -2.10. The van der Waals surface area contributed by atoms with Crippen molar-refractivity contribution >= 4 is 17.7 Å². The van der Waals surface area contributed by atoms with E-state index in [1.165, 1.54) is 14.2 Å². The van der Waals surface area contributed by atoms with Crippen molar-refractivity contribution in [3.05, 3.63) is 200 Å². The zero-order chi connectivity index (χ0) is 50.5. The van der Waals surface area contributed by atoms with Crippen LogP contribution in [-0.4, -0.2) is 63.5 Å². The zero-order valence-corrected chi connectivity index (χ0v) is 43.9. The van der Waals surface area contributed by atoms with Gasteiger partial charge in [0.05, 0.1) is 45.8 Å². The first-order chi connectivity index (χ1) is 33.6. The van der Waals surface area contributed by atoms with Gasteiger partial charge in [-0.1, -0.05) is 104 Å². The number of esters is 2. The van der Waals surface area contributed by atoms with Crippen LogP contribution in [0, 0.1) is 33.6 Å². The van der Waals surface area contributed by atoms with Gasteiger partial charge < -0.3 is 43.7 Å². The third-order valence-electron chi connectivity index (χ3n) is 14.5. The summed E-state index contributed by atoms with van der Waals surface area (Å²) in [5, 5.41) is 33.5. The van der Waals surface area contributed by atoms with Gasteiger partial charge in [0.2, 0.25) is 0 Å². The van der Waals surface area contributed by atoms with Crippen LogP contribution in [0.4, 0.5) is 0 Å². The smallest absolute Gasteiger partial charge is 0.857 e. The summed E-state index contributed by atoms with van der Waals surface area (Å²) < 4.78 is 34.6. The second-order valence-corrected chi connectivity index (χ2v) is 18.1. The topological polar surface area (TPSA) is 170 Å². The molecule has 4 aliphatic rings. The van der Waals surface area contributed by atoms with Crippen molar-refractivity contribution in [2.24, 2.45) is 5.92 Å². The van der Waals surface area contributed by atoms with Gasteiger partial charge in [-0.3, -0.25) is 9.59 Å². The maximum atomic E-state index is 14.1. The molecule has 12 nitrogen and oxygen atoms in total. The van der Waals surface area contributed by atoms with Crippen molar-refractivity contribution in [3.63, 3.8) is 0 Å². The van der Waals surface area contributed by atoms with Crippen molar-refractivity contribution in [1.29, 1.82) is 0 Å². The van der Waals surface area contributed by atoms with E-state index in [4.69, 9.17) is 33.5 Å². The molecule has 1 fully saturated rings. The van der Waals surface area contributed by atoms with Crippen LogP contribution in [0.5, 0.6) is 23.0 Å². The summed E-state index contributed by atoms with van der Waals surface area (Å²) in [7, 11) is 6.55. The number of rotatable bonds is 8. The first-order valence-electron chi connectivity index (χ1n) is 22.9. The molecule has 0 bridgehead atoms. The first kappa shape index (κ1) is 55.1. The summed E-state index contributed by atoms with van der Waals surface area (Å²) in [6, 6.07) is 41.2. The Bertz CT molecular complexity index is 3010. The molecule has 2 heterocycles. The molecule has 6 aromatic rings. The Morgan fingerprint density at radius 3 is 1.46 bits per heavy atom. The molecule has 6 aromatic carbocycles. The van der Waals surface area contributed by atoms with Crippen molar-refractivity contribution in [2.75, 3.05) is 35.5 Å². The van der Waals surface area contributed by atoms with Gasteiger partial charge >= 0.3 is 41.5 Å². The monoisotopic (exact) mass is 984 g/mol. The van der Waals surface area contributed by atoms with Gasteiger partial charge in [0, 0.05) is 22.3 Å². The van der Waals surface area contributed by atoms with Gasteiger partial charge in [-0.25, -0.2) is 4.79 Å². The first-order valence-corrected chi connectivity index (χ1v) is 22.9. The molecule has 0 unspecified atom stereocenters. The second-order valence-electron chi connectivity index (χ2n) is 18.1. The van der Waals surface area contributed by atoms with Gasteiger partial charge in [-0.2, -0.15) is 7.11 Å². The summed E-state index contributed by atoms with van der Waals surface area (Å²) in [4.78, 5) is 40.5. The van der Waals surface area contributed by atoms with E-state index in [0.29, 0.717) is 56.4 Å². The van der Waals surface area contributed by atoms with Crippen LogP contribution >= 0.6 is 0 Å². The number of ether oxygens (including phenoxy) is 6. The predicted octanol–water partition coefficient (Wildman–Crippen LogP) is 5.63. The summed E-state index contributed by atoms with van der Waals surface area (Å²) in [5.74, 6) is -2.13. The molecule has 0 amide bonds. The molecule has 0 radical (unpaired) electrons. The third kappa shape index (κ3) is 7.94. The van der Waals surface area contributed by atoms with Crippen LogP contribution in [0.25, 0.3) is 0 Å². The van der Waals surface area contributed by atoms with Crippen LogP contribution in [0.2, 0.25) is 0 Å². The Morgan fingerprint density at radius 1 is 0.583 bits per heavy atom. The van der Waals surface area contributed by atoms with E-state index in [2.05, 4.69) is 0 Å². The third-order valence-corrected chi connectivity index (χ3v) is 14.5. The maximum Gasteiger partial charge on any atom is 1.00 e. The second kappa shape index (κ2) is 21.1. The van der Waals surface area contributed by atoms with E-state index >= 15 is 0 Å². The van der Waals surface area contributed by atoms with E-state index in [-0.39, 0.29) is 37.0 Å². The molecule has 0 saturated heterocycles. The largest absolute Gasteiger partial charge is 1.00 e. The Labute approximate surface area is 443 Å².